The zero-order valence-electron chi connectivity index (χ0n) is 12.0. The van der Waals surface area contributed by atoms with Crippen molar-refractivity contribution in [1.82, 2.24) is 10.2 Å². The molecule has 1 aromatic rings. The number of piperidine rings is 1. The van der Waals surface area contributed by atoms with E-state index in [2.05, 4.69) is 15.4 Å². The third-order valence-electron chi connectivity index (χ3n) is 4.02. The molecule has 1 aliphatic heterocycles. The van der Waals surface area contributed by atoms with Crippen LogP contribution in [0, 0.1) is 19.8 Å². The number of nitrogens with two attached hydrogens (primary N) is 1. The topological polar surface area (TPSA) is 108 Å². The van der Waals surface area contributed by atoms with E-state index in [1.807, 2.05) is 25.7 Å². The van der Waals surface area contributed by atoms with Gasteiger partial charge in [-0.05, 0) is 31.7 Å². The molecule has 1 aromatic heterocycles. The highest BCUT2D eigenvalue weighted by Gasteiger charge is 2.28. The Balaban J connectivity index is 2.44. The van der Waals surface area contributed by atoms with Crippen LogP contribution in [0.5, 0.6) is 0 Å². The van der Waals surface area contributed by atoms with Gasteiger partial charge in [0.15, 0.2) is 11.7 Å². The molecule has 4 N–H and O–H groups in total. The van der Waals surface area contributed by atoms with Crippen molar-refractivity contribution in [3.8, 4) is 0 Å². The van der Waals surface area contributed by atoms with Crippen LogP contribution in [0.3, 0.4) is 0 Å². The van der Waals surface area contributed by atoms with Crippen LogP contribution in [-0.2, 0) is 0 Å². The summed E-state index contributed by atoms with van der Waals surface area (Å²) < 4.78 is 0. The normalized spacial score (nSPS) is 24.0. The van der Waals surface area contributed by atoms with Gasteiger partial charge in [-0.3, -0.25) is 0 Å². The summed E-state index contributed by atoms with van der Waals surface area (Å²) in [6, 6.07) is 0. The molecule has 1 fully saturated rings. The highest BCUT2D eigenvalue weighted by Crippen LogP contribution is 2.26. The first-order valence-electron chi connectivity index (χ1n) is 6.70. The number of oxime groups is 1. The number of hydrogen-bond acceptors (Lipinski definition) is 6. The Hall–Kier alpha value is -1.89. The maximum atomic E-state index is 10.0. The minimum Gasteiger partial charge on any atom is -0.409 e. The summed E-state index contributed by atoms with van der Waals surface area (Å²) in [5.41, 5.74) is 7.93. The Labute approximate surface area is 118 Å². The first-order chi connectivity index (χ1) is 9.45. The molecule has 1 aliphatic rings. The molecule has 0 saturated carbocycles. The molecule has 0 spiro atoms. The maximum Gasteiger partial charge on any atom is 0.174 e. The van der Waals surface area contributed by atoms with Gasteiger partial charge < -0.3 is 20.9 Å². The average molecular weight is 279 g/mol. The number of aryl methyl sites for hydroxylation is 1. The van der Waals surface area contributed by atoms with Crippen LogP contribution in [0.1, 0.15) is 30.2 Å². The van der Waals surface area contributed by atoms with Gasteiger partial charge in [0, 0.05) is 13.1 Å². The zero-order chi connectivity index (χ0) is 14.9. The molecule has 110 valence electrons. The van der Waals surface area contributed by atoms with Gasteiger partial charge in [-0.2, -0.15) is 5.10 Å². The number of amidine groups is 1. The monoisotopic (exact) mass is 279 g/mol. The SMILES string of the molecule is Cc1nnc(N2CCC(C)C(O)C2)c(C(N)=NO)c1C. The molecule has 2 atom stereocenters. The summed E-state index contributed by atoms with van der Waals surface area (Å²) in [7, 11) is 0. The second-order valence-corrected chi connectivity index (χ2v) is 5.37. The molecule has 2 rings (SSSR count). The van der Waals surface area contributed by atoms with Gasteiger partial charge >= 0.3 is 0 Å². The number of hydrogen-bond donors (Lipinski definition) is 3. The lowest BCUT2D eigenvalue weighted by molar-refractivity contribution is 0.102. The number of nitrogens with zero attached hydrogens (tertiary/aromatic N) is 4. The molecule has 2 unspecified atom stereocenters. The Morgan fingerprint density at radius 3 is 2.70 bits per heavy atom. The standard InChI is InChI=1S/C13H21N5O2/c1-7-4-5-18(6-10(7)19)13-11(12(14)17-20)8(2)9(3)15-16-13/h7,10,19-20H,4-6H2,1-3H3,(H2,14,17). The number of β-amino-alcohol motifs (C(OH)–C–C–N with tert-alkyl or cyclic N) is 1. The Morgan fingerprint density at radius 2 is 2.10 bits per heavy atom. The van der Waals surface area contributed by atoms with Crippen molar-refractivity contribution in [2.45, 2.75) is 33.3 Å². The van der Waals surface area contributed by atoms with Gasteiger partial charge in [0.25, 0.3) is 0 Å². The number of aliphatic hydroxyl groups excluding tert-OH is 1. The highest BCUT2D eigenvalue weighted by atomic mass is 16.4. The molecule has 0 aromatic carbocycles. The Kier molecular flexibility index (Phi) is 4.08. The average Bonchev–Trinajstić information content (AvgIpc) is 2.44. The van der Waals surface area contributed by atoms with Crippen molar-refractivity contribution in [3.05, 3.63) is 16.8 Å². The molecule has 1 saturated heterocycles. The van der Waals surface area contributed by atoms with E-state index in [0.717, 1.165) is 24.2 Å². The van der Waals surface area contributed by atoms with Gasteiger partial charge in [-0.15, -0.1) is 5.10 Å². The Bertz CT molecular complexity index is 532. The zero-order valence-corrected chi connectivity index (χ0v) is 12.0. The van der Waals surface area contributed by atoms with E-state index in [4.69, 9.17) is 10.9 Å². The fourth-order valence-corrected chi connectivity index (χ4v) is 2.42. The molecular weight excluding hydrogens is 258 g/mol. The van der Waals surface area contributed by atoms with E-state index in [9.17, 15) is 5.11 Å². The lowest BCUT2D eigenvalue weighted by Crippen LogP contribution is -2.44. The van der Waals surface area contributed by atoms with E-state index in [1.54, 1.807) is 0 Å². The van der Waals surface area contributed by atoms with Crippen LogP contribution in [0.15, 0.2) is 5.16 Å². The van der Waals surface area contributed by atoms with Crippen LogP contribution in [0.2, 0.25) is 0 Å². The van der Waals surface area contributed by atoms with Crippen LogP contribution in [-0.4, -0.2) is 45.5 Å². The van der Waals surface area contributed by atoms with E-state index < -0.39 is 6.10 Å². The van der Waals surface area contributed by atoms with Gasteiger partial charge in [0.1, 0.15) is 0 Å². The lowest BCUT2D eigenvalue weighted by atomic mass is 9.95. The third-order valence-corrected chi connectivity index (χ3v) is 4.02. The minimum absolute atomic E-state index is 0.0172. The van der Waals surface area contributed by atoms with Crippen molar-refractivity contribution < 1.29 is 10.3 Å². The van der Waals surface area contributed by atoms with E-state index in [1.165, 1.54) is 0 Å². The van der Waals surface area contributed by atoms with Gasteiger partial charge in [-0.25, -0.2) is 0 Å². The minimum atomic E-state index is -0.410. The molecule has 2 heterocycles. The number of rotatable bonds is 2. The summed E-state index contributed by atoms with van der Waals surface area (Å²) in [6.07, 6.45) is 0.457. The van der Waals surface area contributed by atoms with Gasteiger partial charge in [0.05, 0.1) is 17.4 Å². The van der Waals surface area contributed by atoms with Crippen LogP contribution >= 0.6 is 0 Å². The molecule has 20 heavy (non-hydrogen) atoms. The van der Waals surface area contributed by atoms with Crippen LogP contribution in [0.25, 0.3) is 0 Å². The molecule has 0 bridgehead atoms. The van der Waals surface area contributed by atoms with E-state index in [-0.39, 0.29) is 11.8 Å². The Morgan fingerprint density at radius 1 is 1.40 bits per heavy atom. The number of aliphatic hydroxyl groups is 1. The summed E-state index contributed by atoms with van der Waals surface area (Å²) in [5.74, 6) is 0.844. The van der Waals surface area contributed by atoms with Gasteiger partial charge in [-0.1, -0.05) is 12.1 Å². The highest BCUT2D eigenvalue weighted by molar-refractivity contribution is 6.02. The summed E-state index contributed by atoms with van der Waals surface area (Å²) in [6.45, 7) is 6.96. The van der Waals surface area contributed by atoms with E-state index >= 15 is 0 Å². The van der Waals surface area contributed by atoms with Crippen molar-refractivity contribution >= 4 is 11.7 Å². The molecule has 0 aliphatic carbocycles. The molecule has 7 heteroatoms. The van der Waals surface area contributed by atoms with Crippen molar-refractivity contribution in [3.63, 3.8) is 0 Å². The van der Waals surface area contributed by atoms with Crippen molar-refractivity contribution in [2.24, 2.45) is 16.8 Å². The largest absolute Gasteiger partial charge is 0.409 e. The first kappa shape index (κ1) is 14.5. The fourth-order valence-electron chi connectivity index (χ4n) is 2.42. The lowest BCUT2D eigenvalue weighted by Gasteiger charge is -2.35. The molecule has 7 nitrogen and oxygen atoms in total. The first-order valence-corrected chi connectivity index (χ1v) is 6.70. The van der Waals surface area contributed by atoms with E-state index in [0.29, 0.717) is 17.9 Å². The van der Waals surface area contributed by atoms with Crippen LogP contribution < -0.4 is 10.6 Å². The molecule has 0 radical (unpaired) electrons. The second kappa shape index (κ2) is 5.62. The summed E-state index contributed by atoms with van der Waals surface area (Å²) in [4.78, 5) is 1.94. The van der Waals surface area contributed by atoms with Crippen molar-refractivity contribution in [2.75, 3.05) is 18.0 Å². The number of anilines is 1. The maximum absolute atomic E-state index is 10.0. The quantitative estimate of drug-likeness (QED) is 0.313. The van der Waals surface area contributed by atoms with Crippen LogP contribution in [0.4, 0.5) is 5.82 Å². The molecule has 0 amide bonds. The summed E-state index contributed by atoms with van der Waals surface area (Å²) in [5, 5.41) is 30.4. The number of aromatic nitrogens is 2. The molecular formula is C13H21N5O2. The summed E-state index contributed by atoms with van der Waals surface area (Å²) >= 11 is 0. The van der Waals surface area contributed by atoms with Crippen molar-refractivity contribution in [1.29, 1.82) is 0 Å². The predicted molar refractivity (Wildman–Crippen MR) is 76.0 cm³/mol. The predicted octanol–water partition coefficient (Wildman–Crippen LogP) is 0.395. The fraction of sp³-hybridized carbons (Fsp3) is 0.615. The second-order valence-electron chi connectivity index (χ2n) is 5.37. The smallest absolute Gasteiger partial charge is 0.174 e. The third kappa shape index (κ3) is 2.53. The van der Waals surface area contributed by atoms with Gasteiger partial charge in [0.2, 0.25) is 0 Å².